The molecule has 3 rings (SSSR count). The fourth-order valence-electron chi connectivity index (χ4n) is 4.28. The van der Waals surface area contributed by atoms with Gasteiger partial charge in [-0.2, -0.15) is 0 Å². The van der Waals surface area contributed by atoms with Gasteiger partial charge in [0, 0.05) is 19.4 Å². The minimum Gasteiger partial charge on any atom is -0.480 e. The van der Waals surface area contributed by atoms with Crippen LogP contribution in [0.4, 0.5) is 13.6 Å². The average molecular weight is 491 g/mol. The first-order valence-corrected chi connectivity index (χ1v) is 11.2. The van der Waals surface area contributed by atoms with Gasteiger partial charge in [-0.3, -0.25) is 4.79 Å². The van der Waals surface area contributed by atoms with Gasteiger partial charge in [0.25, 0.3) is 0 Å². The zero-order valence-electron chi connectivity index (χ0n) is 19.4. The number of nitrogens with one attached hydrogen (secondary N) is 2. The van der Waals surface area contributed by atoms with Crippen LogP contribution >= 0.6 is 0 Å². The first kappa shape index (κ1) is 26.1. The number of alkyl halides is 2. The van der Waals surface area contributed by atoms with Crippen molar-refractivity contribution in [2.45, 2.75) is 43.7 Å². The molecule has 35 heavy (non-hydrogen) atoms. The van der Waals surface area contributed by atoms with Crippen LogP contribution in [0.25, 0.3) is 11.1 Å². The molecule has 0 heterocycles. The van der Waals surface area contributed by atoms with Crippen molar-refractivity contribution in [2.75, 3.05) is 20.3 Å². The average Bonchev–Trinajstić information content (AvgIpc) is 3.15. The summed E-state index contributed by atoms with van der Waals surface area (Å²) >= 11 is 0. The number of amides is 2. The lowest BCUT2D eigenvalue weighted by molar-refractivity contribution is -0.144. The van der Waals surface area contributed by atoms with Crippen LogP contribution in [0, 0.1) is 0 Å². The van der Waals surface area contributed by atoms with E-state index in [0.717, 1.165) is 22.3 Å². The van der Waals surface area contributed by atoms with E-state index in [1.807, 2.05) is 48.5 Å². The monoisotopic (exact) mass is 490 g/mol. The molecule has 0 spiro atoms. The number of ether oxygens (including phenoxy) is 2. The summed E-state index contributed by atoms with van der Waals surface area (Å²) in [5, 5.41) is 13.8. The summed E-state index contributed by atoms with van der Waals surface area (Å²) in [5.74, 6) is -2.77. The highest BCUT2D eigenvalue weighted by Gasteiger charge is 2.41. The van der Waals surface area contributed by atoms with Crippen molar-refractivity contribution < 1.29 is 37.7 Å². The van der Waals surface area contributed by atoms with Gasteiger partial charge in [-0.15, -0.1) is 0 Å². The third kappa shape index (κ3) is 5.76. The molecular formula is C25H28F2N2O6. The number of hydrogen-bond donors (Lipinski definition) is 3. The maximum absolute atomic E-state index is 12.9. The maximum atomic E-state index is 12.9. The number of methoxy groups -OCH3 is 1. The fraction of sp³-hybridized carbons (Fsp3) is 0.400. The topological polar surface area (TPSA) is 114 Å². The number of carboxylic acid groups (broad SMARTS) is 1. The van der Waals surface area contributed by atoms with Crippen LogP contribution in [0.15, 0.2) is 48.5 Å². The summed E-state index contributed by atoms with van der Waals surface area (Å²) in [7, 11) is 1.30. The Balaban J connectivity index is 1.73. The van der Waals surface area contributed by atoms with Crippen LogP contribution in [-0.2, 0) is 19.1 Å². The van der Waals surface area contributed by atoms with Crippen molar-refractivity contribution in [3.05, 3.63) is 59.7 Å². The third-order valence-electron chi connectivity index (χ3n) is 6.13. The number of rotatable bonds is 11. The van der Waals surface area contributed by atoms with Gasteiger partial charge in [-0.1, -0.05) is 55.5 Å². The van der Waals surface area contributed by atoms with Gasteiger partial charge in [0.1, 0.15) is 18.2 Å². The molecule has 0 saturated carbocycles. The van der Waals surface area contributed by atoms with Crippen LogP contribution in [0.3, 0.4) is 0 Å². The highest BCUT2D eigenvalue weighted by molar-refractivity contribution is 5.93. The Bertz CT molecular complexity index is 1030. The molecule has 2 aromatic rings. The van der Waals surface area contributed by atoms with E-state index in [1.165, 1.54) is 7.11 Å². The lowest BCUT2D eigenvalue weighted by atomic mass is 9.95. The summed E-state index contributed by atoms with van der Waals surface area (Å²) in [6.45, 7) is 1.25. The zero-order chi connectivity index (χ0) is 25.6. The first-order chi connectivity index (χ1) is 16.7. The number of fused-ring (bicyclic) bond motifs is 3. The summed E-state index contributed by atoms with van der Waals surface area (Å²) in [6, 6.07) is 13.8. The minimum atomic E-state index is -2.94. The Hall–Kier alpha value is -3.53. The predicted molar refractivity (Wildman–Crippen MR) is 123 cm³/mol. The van der Waals surface area contributed by atoms with Crippen LogP contribution in [-0.4, -0.2) is 61.4 Å². The van der Waals surface area contributed by atoms with Gasteiger partial charge in [0.2, 0.25) is 12.3 Å². The molecule has 0 bridgehead atoms. The maximum Gasteiger partial charge on any atom is 0.408 e. The van der Waals surface area contributed by atoms with Gasteiger partial charge < -0.3 is 25.2 Å². The number of carbonyl (C=O) groups is 3. The van der Waals surface area contributed by atoms with E-state index in [1.54, 1.807) is 6.92 Å². The quantitative estimate of drug-likeness (QED) is 0.444. The van der Waals surface area contributed by atoms with Crippen molar-refractivity contribution in [3.8, 4) is 11.1 Å². The van der Waals surface area contributed by atoms with E-state index >= 15 is 0 Å². The second-order valence-electron chi connectivity index (χ2n) is 8.31. The number of benzene rings is 2. The van der Waals surface area contributed by atoms with E-state index in [-0.39, 0.29) is 25.6 Å². The molecular weight excluding hydrogens is 462 g/mol. The Morgan fingerprint density at radius 2 is 1.63 bits per heavy atom. The summed E-state index contributed by atoms with van der Waals surface area (Å²) in [4.78, 5) is 37.0. The second kappa shape index (κ2) is 11.3. The molecule has 3 N–H and O–H groups in total. The Kier molecular flexibility index (Phi) is 8.39. The molecule has 1 aliphatic rings. The second-order valence-corrected chi connectivity index (χ2v) is 8.31. The van der Waals surface area contributed by atoms with Crippen molar-refractivity contribution in [3.63, 3.8) is 0 Å². The van der Waals surface area contributed by atoms with E-state index < -0.39 is 42.4 Å². The standard InChI is InChI=1S/C25H28F2N2O6/c1-3-25(14-34-2,23(32)28-20(22(30)31)12-21(26)27)29-24(33)35-13-19-17-10-6-4-8-15(17)16-9-5-7-11-18(16)19/h4-11,19-21H,3,12-14H2,1-2H3,(H,28,32)(H,29,33)(H,30,31). The molecule has 1 aliphatic carbocycles. The van der Waals surface area contributed by atoms with E-state index in [0.29, 0.717) is 0 Å². The molecule has 10 heteroatoms. The van der Waals surface area contributed by atoms with Gasteiger partial charge in [-0.25, -0.2) is 18.4 Å². The third-order valence-corrected chi connectivity index (χ3v) is 6.13. The summed E-state index contributed by atoms with van der Waals surface area (Å²) < 4.78 is 36.1. The van der Waals surface area contributed by atoms with Crippen LogP contribution in [0.5, 0.6) is 0 Å². The lowest BCUT2D eigenvalue weighted by Crippen LogP contribution is -2.63. The molecule has 2 aromatic carbocycles. The fourth-order valence-corrected chi connectivity index (χ4v) is 4.28. The molecule has 188 valence electrons. The van der Waals surface area contributed by atoms with Crippen molar-refractivity contribution in [1.29, 1.82) is 0 Å². The van der Waals surface area contributed by atoms with Crippen LogP contribution < -0.4 is 10.6 Å². The summed E-state index contributed by atoms with van der Waals surface area (Å²) in [6.07, 6.45) is -4.93. The summed E-state index contributed by atoms with van der Waals surface area (Å²) in [5.41, 5.74) is 2.41. The van der Waals surface area contributed by atoms with Gasteiger partial charge in [0.05, 0.1) is 6.61 Å². The van der Waals surface area contributed by atoms with Crippen molar-refractivity contribution in [2.24, 2.45) is 0 Å². The number of alkyl carbamates (subject to hydrolysis) is 1. The molecule has 0 radical (unpaired) electrons. The van der Waals surface area contributed by atoms with E-state index in [9.17, 15) is 28.3 Å². The van der Waals surface area contributed by atoms with E-state index in [2.05, 4.69) is 10.6 Å². The van der Waals surface area contributed by atoms with Crippen LogP contribution in [0.2, 0.25) is 0 Å². The zero-order valence-corrected chi connectivity index (χ0v) is 19.4. The van der Waals surface area contributed by atoms with Crippen molar-refractivity contribution >= 4 is 18.0 Å². The number of aliphatic carboxylic acids is 1. The number of carbonyl (C=O) groups excluding carboxylic acids is 2. The van der Waals surface area contributed by atoms with E-state index in [4.69, 9.17) is 9.47 Å². The largest absolute Gasteiger partial charge is 0.480 e. The highest BCUT2D eigenvalue weighted by atomic mass is 19.3. The number of carboxylic acids is 1. The molecule has 0 aliphatic heterocycles. The SMILES string of the molecule is CCC(COC)(NC(=O)OCC1c2ccccc2-c2ccccc21)C(=O)NC(CC(F)F)C(=O)O. The van der Waals surface area contributed by atoms with Crippen molar-refractivity contribution in [1.82, 2.24) is 10.6 Å². The molecule has 2 amide bonds. The Morgan fingerprint density at radius 1 is 1.06 bits per heavy atom. The Morgan fingerprint density at radius 3 is 2.11 bits per heavy atom. The predicted octanol–water partition coefficient (Wildman–Crippen LogP) is 3.54. The highest BCUT2D eigenvalue weighted by Crippen LogP contribution is 2.44. The molecule has 2 unspecified atom stereocenters. The first-order valence-electron chi connectivity index (χ1n) is 11.2. The van der Waals surface area contributed by atoms with Gasteiger partial charge in [0.15, 0.2) is 0 Å². The molecule has 2 atom stereocenters. The number of halogens is 2. The van der Waals surface area contributed by atoms with Gasteiger partial charge >= 0.3 is 12.1 Å². The minimum absolute atomic E-state index is 0.00210. The van der Waals surface area contributed by atoms with Gasteiger partial charge in [-0.05, 0) is 28.7 Å². The molecule has 8 nitrogen and oxygen atoms in total. The van der Waals surface area contributed by atoms with Crippen LogP contribution in [0.1, 0.15) is 36.8 Å². The lowest BCUT2D eigenvalue weighted by Gasteiger charge is -2.32. The number of hydrogen-bond acceptors (Lipinski definition) is 5. The smallest absolute Gasteiger partial charge is 0.408 e. The molecule has 0 fully saturated rings. The normalized spacial score (nSPS) is 15.0. The molecule has 0 saturated heterocycles. The Labute approximate surface area is 201 Å². The molecule has 0 aromatic heterocycles.